The maximum atomic E-state index is 11.4. The lowest BCUT2D eigenvalue weighted by molar-refractivity contribution is 0.0599. The van der Waals surface area contributed by atoms with Crippen molar-refractivity contribution in [2.45, 2.75) is 13.5 Å². The fourth-order valence-electron chi connectivity index (χ4n) is 1.43. The summed E-state index contributed by atoms with van der Waals surface area (Å²) < 4.78 is 4.61. The van der Waals surface area contributed by atoms with Crippen molar-refractivity contribution < 1.29 is 9.53 Å². The Morgan fingerprint density at radius 1 is 1.60 bits per heavy atom. The predicted octanol–water partition coefficient (Wildman–Crippen LogP) is 1.11. The van der Waals surface area contributed by atoms with E-state index in [1.54, 1.807) is 19.1 Å². The minimum atomic E-state index is -0.466. The van der Waals surface area contributed by atoms with Gasteiger partial charge in [-0.2, -0.15) is 5.26 Å². The quantitative estimate of drug-likeness (QED) is 0.732. The normalized spacial score (nSPS) is 9.47. The number of hydrogen-bond acceptors (Lipinski definition) is 4. The van der Waals surface area contributed by atoms with Crippen LogP contribution in [0.5, 0.6) is 0 Å². The van der Waals surface area contributed by atoms with Gasteiger partial charge in [0, 0.05) is 6.54 Å². The van der Waals surface area contributed by atoms with Crippen LogP contribution in [0.15, 0.2) is 12.1 Å². The van der Waals surface area contributed by atoms with Crippen LogP contribution in [0, 0.1) is 18.3 Å². The fourth-order valence-corrected chi connectivity index (χ4v) is 1.43. The molecule has 0 radical (unpaired) electrons. The zero-order valence-electron chi connectivity index (χ0n) is 8.70. The van der Waals surface area contributed by atoms with Crippen molar-refractivity contribution in [2.75, 3.05) is 7.11 Å². The van der Waals surface area contributed by atoms with E-state index < -0.39 is 5.97 Å². The molecule has 0 aliphatic carbocycles. The first-order valence-corrected chi connectivity index (χ1v) is 4.46. The van der Waals surface area contributed by atoms with E-state index in [2.05, 4.69) is 4.74 Å². The van der Waals surface area contributed by atoms with Gasteiger partial charge in [0.25, 0.3) is 0 Å². The van der Waals surface area contributed by atoms with Gasteiger partial charge in [0.1, 0.15) is 0 Å². The van der Waals surface area contributed by atoms with Crippen LogP contribution < -0.4 is 5.73 Å². The second kappa shape index (κ2) is 4.58. The van der Waals surface area contributed by atoms with Gasteiger partial charge in [-0.05, 0) is 24.1 Å². The van der Waals surface area contributed by atoms with Gasteiger partial charge >= 0.3 is 5.97 Å². The van der Waals surface area contributed by atoms with Crippen molar-refractivity contribution in [3.05, 3.63) is 34.4 Å². The molecule has 0 saturated heterocycles. The van der Waals surface area contributed by atoms with E-state index >= 15 is 0 Å². The summed E-state index contributed by atoms with van der Waals surface area (Å²) in [6.07, 6.45) is 0. The molecule has 0 aromatic heterocycles. The third kappa shape index (κ3) is 1.97. The Morgan fingerprint density at radius 2 is 2.27 bits per heavy atom. The Kier molecular flexibility index (Phi) is 3.42. The van der Waals surface area contributed by atoms with Gasteiger partial charge in [0.05, 0.1) is 24.3 Å². The van der Waals surface area contributed by atoms with Crippen molar-refractivity contribution in [2.24, 2.45) is 5.73 Å². The van der Waals surface area contributed by atoms with E-state index in [-0.39, 0.29) is 6.54 Å². The van der Waals surface area contributed by atoms with Crippen LogP contribution in [0.4, 0.5) is 0 Å². The third-order valence-corrected chi connectivity index (χ3v) is 2.24. The lowest BCUT2D eigenvalue weighted by atomic mass is 9.97. The van der Waals surface area contributed by atoms with Crippen molar-refractivity contribution >= 4 is 5.97 Å². The van der Waals surface area contributed by atoms with Crippen LogP contribution in [-0.2, 0) is 11.3 Å². The largest absolute Gasteiger partial charge is 0.465 e. The Hall–Kier alpha value is -1.86. The van der Waals surface area contributed by atoms with E-state index in [0.29, 0.717) is 16.7 Å². The van der Waals surface area contributed by atoms with Crippen LogP contribution in [0.25, 0.3) is 0 Å². The Balaban J connectivity index is 3.43. The maximum absolute atomic E-state index is 11.4. The molecule has 4 heteroatoms. The molecule has 0 aliphatic rings. The summed E-state index contributed by atoms with van der Waals surface area (Å²) in [5.41, 5.74) is 7.71. The van der Waals surface area contributed by atoms with Gasteiger partial charge in [0.2, 0.25) is 0 Å². The molecule has 0 saturated carbocycles. The maximum Gasteiger partial charge on any atom is 0.338 e. The van der Waals surface area contributed by atoms with Crippen LogP contribution in [0.3, 0.4) is 0 Å². The number of nitrogens with zero attached hydrogens (tertiary/aromatic N) is 1. The molecule has 1 aromatic rings. The van der Waals surface area contributed by atoms with E-state index in [0.717, 1.165) is 5.56 Å². The third-order valence-electron chi connectivity index (χ3n) is 2.24. The number of hydrogen-bond donors (Lipinski definition) is 1. The number of carbonyl (C=O) groups is 1. The van der Waals surface area contributed by atoms with E-state index in [1.807, 2.05) is 6.07 Å². The minimum Gasteiger partial charge on any atom is -0.465 e. The Labute approximate surface area is 88.3 Å². The molecule has 4 nitrogen and oxygen atoms in total. The number of benzene rings is 1. The van der Waals surface area contributed by atoms with Gasteiger partial charge in [0.15, 0.2) is 0 Å². The molecule has 0 fully saturated rings. The number of methoxy groups -OCH3 is 1. The second-order valence-electron chi connectivity index (χ2n) is 3.09. The molecule has 78 valence electrons. The van der Waals surface area contributed by atoms with Crippen LogP contribution >= 0.6 is 0 Å². The smallest absolute Gasteiger partial charge is 0.338 e. The van der Waals surface area contributed by atoms with Crippen molar-refractivity contribution in [1.29, 1.82) is 5.26 Å². The topological polar surface area (TPSA) is 76.1 Å². The van der Waals surface area contributed by atoms with Gasteiger partial charge in [-0.1, -0.05) is 6.07 Å². The first-order chi connectivity index (χ1) is 7.15. The summed E-state index contributed by atoms with van der Waals surface area (Å²) in [6.45, 7) is 1.95. The molecule has 15 heavy (non-hydrogen) atoms. The van der Waals surface area contributed by atoms with Gasteiger partial charge in [-0.3, -0.25) is 0 Å². The number of esters is 1. The average Bonchev–Trinajstić information content (AvgIpc) is 2.27. The first-order valence-electron chi connectivity index (χ1n) is 4.46. The molecule has 0 spiro atoms. The van der Waals surface area contributed by atoms with E-state index in [9.17, 15) is 4.79 Å². The lowest BCUT2D eigenvalue weighted by Crippen LogP contribution is -2.11. The molecule has 1 aromatic carbocycles. The predicted molar refractivity (Wildman–Crippen MR) is 55.1 cm³/mol. The van der Waals surface area contributed by atoms with Gasteiger partial charge < -0.3 is 10.5 Å². The number of ether oxygens (including phenoxy) is 1. The van der Waals surface area contributed by atoms with Crippen LogP contribution in [0.2, 0.25) is 0 Å². The van der Waals surface area contributed by atoms with Crippen LogP contribution in [0.1, 0.15) is 27.0 Å². The molecule has 0 unspecified atom stereocenters. The highest BCUT2D eigenvalue weighted by atomic mass is 16.5. The minimum absolute atomic E-state index is 0.148. The molecule has 0 atom stereocenters. The fraction of sp³-hybridized carbons (Fsp3) is 0.273. The average molecular weight is 204 g/mol. The molecule has 0 aliphatic heterocycles. The van der Waals surface area contributed by atoms with Gasteiger partial charge in [-0.15, -0.1) is 0 Å². The molecule has 0 heterocycles. The summed E-state index contributed by atoms with van der Waals surface area (Å²) in [5.74, 6) is -0.466. The highest BCUT2D eigenvalue weighted by molar-refractivity contribution is 5.92. The molecule has 0 amide bonds. The second-order valence-corrected chi connectivity index (χ2v) is 3.09. The molecule has 0 bridgehead atoms. The zero-order valence-corrected chi connectivity index (χ0v) is 8.70. The molecule has 1 rings (SSSR count). The first kappa shape index (κ1) is 11.2. The number of carbonyl (C=O) groups excluding carboxylic acids is 1. The highest BCUT2D eigenvalue weighted by Crippen LogP contribution is 2.18. The Bertz CT molecular complexity index is 433. The molecular formula is C11H12N2O2. The van der Waals surface area contributed by atoms with E-state index in [1.165, 1.54) is 7.11 Å². The highest BCUT2D eigenvalue weighted by Gasteiger charge is 2.15. The molecule has 2 N–H and O–H groups in total. The molecular weight excluding hydrogens is 192 g/mol. The summed E-state index contributed by atoms with van der Waals surface area (Å²) in [6, 6.07) is 5.39. The van der Waals surface area contributed by atoms with E-state index in [4.69, 9.17) is 11.0 Å². The number of nitriles is 1. The zero-order chi connectivity index (χ0) is 11.4. The summed E-state index contributed by atoms with van der Waals surface area (Å²) in [4.78, 5) is 11.4. The SMILES string of the molecule is COC(=O)c1ccc(C)c(C#N)c1CN. The van der Waals surface area contributed by atoms with Crippen LogP contribution in [-0.4, -0.2) is 13.1 Å². The lowest BCUT2D eigenvalue weighted by Gasteiger charge is -2.09. The summed E-state index contributed by atoms with van der Waals surface area (Å²) in [5, 5.41) is 8.95. The van der Waals surface area contributed by atoms with Crippen molar-refractivity contribution in [3.63, 3.8) is 0 Å². The standard InChI is InChI=1S/C11H12N2O2/c1-7-3-4-8(11(14)15-2)10(6-13)9(7)5-12/h3-4H,6,13H2,1-2H3. The Morgan fingerprint density at radius 3 is 2.73 bits per heavy atom. The number of aryl methyl sites for hydroxylation is 1. The van der Waals surface area contributed by atoms with Crippen molar-refractivity contribution in [3.8, 4) is 6.07 Å². The number of nitrogens with two attached hydrogens (primary N) is 1. The monoisotopic (exact) mass is 204 g/mol. The van der Waals surface area contributed by atoms with Gasteiger partial charge in [-0.25, -0.2) is 4.79 Å². The summed E-state index contributed by atoms with van der Waals surface area (Å²) >= 11 is 0. The summed E-state index contributed by atoms with van der Waals surface area (Å²) in [7, 11) is 1.30. The number of rotatable bonds is 2. The van der Waals surface area contributed by atoms with Crippen molar-refractivity contribution in [1.82, 2.24) is 0 Å².